The van der Waals surface area contributed by atoms with E-state index in [0.29, 0.717) is 21.5 Å². The van der Waals surface area contributed by atoms with E-state index in [1.165, 1.54) is 6.33 Å². The zero-order valence-corrected chi connectivity index (χ0v) is 18.4. The van der Waals surface area contributed by atoms with E-state index in [-0.39, 0.29) is 10.6 Å². The molecule has 2 heterocycles. The lowest BCUT2D eigenvalue weighted by Gasteiger charge is -2.14. The minimum atomic E-state index is -0.710. The number of aromatic amines is 1. The molecule has 32 heavy (non-hydrogen) atoms. The maximum atomic E-state index is 14.8. The molecule has 0 aliphatic rings. The lowest BCUT2D eigenvalue weighted by atomic mass is 10.0. The number of ether oxygens (including phenoxy) is 1. The molecule has 2 aromatic heterocycles. The van der Waals surface area contributed by atoms with E-state index >= 15 is 0 Å². The molecule has 11 heteroatoms. The molecule has 160 valence electrons. The van der Waals surface area contributed by atoms with Crippen molar-refractivity contribution in [2.24, 2.45) is 0 Å². The van der Waals surface area contributed by atoms with Crippen molar-refractivity contribution in [3.8, 4) is 22.6 Å². The number of hydrogen-bond acceptors (Lipinski definition) is 7. The quantitative estimate of drug-likeness (QED) is 0.253. The van der Waals surface area contributed by atoms with Crippen molar-refractivity contribution < 1.29 is 13.5 Å². The summed E-state index contributed by atoms with van der Waals surface area (Å²) in [4.78, 5) is 11.2. The molecular formula is C21H12ClF2N5OS2. The van der Waals surface area contributed by atoms with Gasteiger partial charge in [0.25, 0.3) is 0 Å². The first-order valence-corrected chi connectivity index (χ1v) is 11.1. The predicted octanol–water partition coefficient (Wildman–Crippen LogP) is 6.92. The standard InChI is InChI=1S/C21H12ClF2N5OS2/c22-12-2-4-18(13(6-12)11-1-3-16-17(5-11)26-9-25-16)30-19-7-15(24)20(8-14(19)23)31-29-21-27-10-28-32-21/h1-10H,(H,25,26)(H,27,28,29). The fourth-order valence-corrected chi connectivity index (χ4v) is 4.33. The SMILES string of the molecule is Fc1cc(SNc2ncns2)c(F)cc1Oc1ccc(Cl)cc1-c1ccc2nc[nH]c2c1. The Morgan fingerprint density at radius 2 is 1.91 bits per heavy atom. The summed E-state index contributed by atoms with van der Waals surface area (Å²) in [7, 11) is 0. The van der Waals surface area contributed by atoms with Crippen LogP contribution in [0.15, 0.2) is 66.1 Å². The minimum absolute atomic E-state index is 0.0612. The molecule has 0 bridgehead atoms. The molecule has 5 rings (SSSR count). The molecule has 0 unspecified atom stereocenters. The maximum Gasteiger partial charge on any atom is 0.212 e. The van der Waals surface area contributed by atoms with Crippen molar-refractivity contribution >= 4 is 51.2 Å². The van der Waals surface area contributed by atoms with Gasteiger partial charge in [-0.25, -0.2) is 18.7 Å². The Hall–Kier alpha value is -3.21. The number of aromatic nitrogens is 4. The first-order valence-electron chi connectivity index (χ1n) is 9.16. The lowest BCUT2D eigenvalue weighted by molar-refractivity contribution is 0.434. The summed E-state index contributed by atoms with van der Waals surface area (Å²) in [6, 6.07) is 12.6. The molecule has 0 amide bonds. The maximum absolute atomic E-state index is 14.8. The van der Waals surface area contributed by atoms with Crippen LogP contribution in [0.4, 0.5) is 13.9 Å². The fraction of sp³-hybridized carbons (Fsp3) is 0. The van der Waals surface area contributed by atoms with E-state index in [1.807, 2.05) is 18.2 Å². The van der Waals surface area contributed by atoms with Crippen LogP contribution in [0, 0.1) is 11.6 Å². The molecule has 0 aliphatic carbocycles. The second-order valence-electron chi connectivity index (χ2n) is 6.54. The molecular weight excluding hydrogens is 476 g/mol. The lowest BCUT2D eigenvalue weighted by Crippen LogP contribution is -1.95. The highest BCUT2D eigenvalue weighted by Crippen LogP contribution is 2.38. The second-order valence-corrected chi connectivity index (χ2v) is 8.61. The van der Waals surface area contributed by atoms with E-state index in [1.54, 1.807) is 24.5 Å². The summed E-state index contributed by atoms with van der Waals surface area (Å²) in [5.41, 5.74) is 3.05. The van der Waals surface area contributed by atoms with Gasteiger partial charge >= 0.3 is 0 Å². The number of H-pyrrole nitrogens is 1. The normalized spacial score (nSPS) is 11.1. The number of nitrogens with one attached hydrogen (secondary N) is 2. The predicted molar refractivity (Wildman–Crippen MR) is 122 cm³/mol. The van der Waals surface area contributed by atoms with Crippen LogP contribution in [-0.2, 0) is 0 Å². The molecule has 0 aliphatic heterocycles. The Balaban J connectivity index is 1.45. The molecule has 0 saturated carbocycles. The fourth-order valence-electron chi connectivity index (χ4n) is 3.02. The van der Waals surface area contributed by atoms with Gasteiger partial charge in [-0.15, -0.1) is 0 Å². The van der Waals surface area contributed by atoms with Crippen LogP contribution >= 0.6 is 35.1 Å². The van der Waals surface area contributed by atoms with Gasteiger partial charge in [-0.1, -0.05) is 17.7 Å². The van der Waals surface area contributed by atoms with Gasteiger partial charge < -0.3 is 14.4 Å². The van der Waals surface area contributed by atoms with Crippen molar-refractivity contribution in [1.29, 1.82) is 0 Å². The van der Waals surface area contributed by atoms with E-state index in [2.05, 4.69) is 24.0 Å². The smallest absolute Gasteiger partial charge is 0.212 e. The number of rotatable bonds is 6. The van der Waals surface area contributed by atoms with Gasteiger partial charge in [-0.3, -0.25) is 0 Å². The third-order valence-electron chi connectivity index (χ3n) is 4.49. The van der Waals surface area contributed by atoms with E-state index in [0.717, 1.165) is 52.2 Å². The summed E-state index contributed by atoms with van der Waals surface area (Å²) < 4.78 is 41.8. The zero-order valence-electron chi connectivity index (χ0n) is 16.0. The summed E-state index contributed by atoms with van der Waals surface area (Å²) in [5, 5.41) is 0.966. The molecule has 2 N–H and O–H groups in total. The van der Waals surface area contributed by atoms with Gasteiger partial charge in [0.15, 0.2) is 11.6 Å². The molecule has 0 saturated heterocycles. The van der Waals surface area contributed by atoms with Gasteiger partial charge in [0.2, 0.25) is 5.13 Å². The van der Waals surface area contributed by atoms with E-state index in [9.17, 15) is 8.78 Å². The van der Waals surface area contributed by atoms with Crippen LogP contribution in [0.3, 0.4) is 0 Å². The molecule has 0 fully saturated rings. The number of imidazole rings is 1. The molecule has 0 spiro atoms. The number of anilines is 1. The van der Waals surface area contributed by atoms with Crippen molar-refractivity contribution in [3.63, 3.8) is 0 Å². The highest BCUT2D eigenvalue weighted by molar-refractivity contribution is 8.00. The van der Waals surface area contributed by atoms with Crippen LogP contribution < -0.4 is 9.46 Å². The van der Waals surface area contributed by atoms with E-state index < -0.39 is 11.6 Å². The van der Waals surface area contributed by atoms with Crippen LogP contribution in [-0.4, -0.2) is 19.3 Å². The average molecular weight is 488 g/mol. The van der Waals surface area contributed by atoms with Crippen molar-refractivity contribution in [2.45, 2.75) is 4.90 Å². The van der Waals surface area contributed by atoms with Gasteiger partial charge in [0, 0.05) is 28.2 Å². The highest BCUT2D eigenvalue weighted by atomic mass is 35.5. The van der Waals surface area contributed by atoms with Crippen molar-refractivity contribution in [2.75, 3.05) is 4.72 Å². The number of benzene rings is 3. The monoisotopic (exact) mass is 487 g/mol. The van der Waals surface area contributed by atoms with Gasteiger partial charge in [0.1, 0.15) is 17.9 Å². The number of nitrogens with zero attached hydrogens (tertiary/aromatic N) is 3. The highest BCUT2D eigenvalue weighted by Gasteiger charge is 2.16. The Kier molecular flexibility index (Phi) is 5.64. The second kappa shape index (κ2) is 8.73. The summed E-state index contributed by atoms with van der Waals surface area (Å²) in [6.45, 7) is 0. The largest absolute Gasteiger partial charge is 0.454 e. The number of fused-ring (bicyclic) bond motifs is 1. The Bertz CT molecular complexity index is 1410. The van der Waals surface area contributed by atoms with Gasteiger partial charge in [0.05, 0.1) is 22.3 Å². The third-order valence-corrected chi connectivity index (χ3v) is 6.26. The topological polar surface area (TPSA) is 75.7 Å². The van der Waals surface area contributed by atoms with Crippen LogP contribution in [0.25, 0.3) is 22.2 Å². The summed E-state index contributed by atoms with van der Waals surface area (Å²) in [5.74, 6) is -1.26. The molecule has 6 nitrogen and oxygen atoms in total. The summed E-state index contributed by atoms with van der Waals surface area (Å²) >= 11 is 8.20. The average Bonchev–Trinajstić information content (AvgIpc) is 3.47. The van der Waals surface area contributed by atoms with Crippen LogP contribution in [0.5, 0.6) is 11.5 Å². The van der Waals surface area contributed by atoms with Crippen molar-refractivity contribution in [3.05, 3.63) is 77.8 Å². The first-order chi connectivity index (χ1) is 15.6. The Morgan fingerprint density at radius 1 is 1.00 bits per heavy atom. The molecule has 0 radical (unpaired) electrons. The van der Waals surface area contributed by atoms with Crippen LogP contribution in [0.2, 0.25) is 5.02 Å². The van der Waals surface area contributed by atoms with E-state index in [4.69, 9.17) is 16.3 Å². The number of halogens is 3. The third kappa shape index (κ3) is 4.24. The number of hydrogen-bond donors (Lipinski definition) is 2. The van der Waals surface area contributed by atoms with Gasteiger partial charge in [-0.05, 0) is 53.9 Å². The van der Waals surface area contributed by atoms with Crippen LogP contribution in [0.1, 0.15) is 0 Å². The zero-order chi connectivity index (χ0) is 22.1. The van der Waals surface area contributed by atoms with Gasteiger partial charge in [-0.2, -0.15) is 4.37 Å². The first kappa shape index (κ1) is 20.7. The molecule has 0 atom stereocenters. The molecule has 5 aromatic rings. The minimum Gasteiger partial charge on any atom is -0.454 e. The Labute approximate surface area is 193 Å². The Morgan fingerprint density at radius 3 is 2.75 bits per heavy atom. The molecule has 3 aromatic carbocycles. The summed E-state index contributed by atoms with van der Waals surface area (Å²) in [6.07, 6.45) is 2.97. The van der Waals surface area contributed by atoms with Crippen molar-refractivity contribution in [1.82, 2.24) is 19.3 Å².